The predicted molar refractivity (Wildman–Crippen MR) is 36.0 cm³/mol. The molecule has 0 heterocycles. The summed E-state index contributed by atoms with van der Waals surface area (Å²) in [5.74, 6) is 0.365. The normalized spacial score (nSPS) is 10.8. The van der Waals surface area contributed by atoms with E-state index < -0.39 is 6.87 Å². The summed E-state index contributed by atoms with van der Waals surface area (Å²) >= 11 is 0.365. The van der Waals surface area contributed by atoms with Crippen molar-refractivity contribution in [3.8, 4) is 5.75 Å². The van der Waals surface area contributed by atoms with Crippen LogP contribution in [0.4, 0.5) is 0 Å². The second kappa shape index (κ2) is 3.50. The molecule has 0 fully saturated rings. The molecule has 57 valence electrons. The van der Waals surface area contributed by atoms with Gasteiger partial charge in [0.15, 0.2) is 0 Å². The van der Waals surface area contributed by atoms with Crippen molar-refractivity contribution in [1.82, 2.24) is 0 Å². The third-order valence-electron chi connectivity index (χ3n) is 0.949. The first-order chi connectivity index (χ1) is 5.08. The fraction of sp³-hybridized carbons (Fsp3) is 0. The Labute approximate surface area is 78.6 Å². The quantitative estimate of drug-likeness (QED) is 0.779. The Hall–Kier alpha value is -0.147. The number of hydrogen-bond acceptors (Lipinski definition) is 3. The molecule has 0 saturated carbocycles. The van der Waals surface area contributed by atoms with Crippen molar-refractivity contribution in [3.63, 3.8) is 0 Å². The number of hydrogen-bond donors (Lipinski definition) is 0. The zero-order chi connectivity index (χ0) is 8.32. The number of benzene rings is 1. The molecule has 0 aliphatic rings. The van der Waals surface area contributed by atoms with E-state index in [2.05, 4.69) is 4.18 Å². The first kappa shape index (κ1) is 8.95. The molecule has 1 rings (SSSR count). The van der Waals surface area contributed by atoms with Gasteiger partial charge in [0.25, 0.3) is 0 Å². The Morgan fingerprint density at radius 3 is 2.18 bits per heavy atom. The van der Waals surface area contributed by atoms with E-state index in [1.165, 1.54) is 0 Å². The molecule has 0 bridgehead atoms. The fourth-order valence-corrected chi connectivity index (χ4v) is 1.68. The molecule has 11 heavy (non-hydrogen) atoms. The van der Waals surface area contributed by atoms with Crippen LogP contribution in [-0.2, 0) is 30.1 Å². The third-order valence-corrected chi connectivity index (χ3v) is 1.98. The van der Waals surface area contributed by atoms with E-state index in [4.69, 9.17) is 0 Å². The van der Waals surface area contributed by atoms with Gasteiger partial charge in [0.1, 0.15) is 0 Å². The molecule has 0 spiro atoms. The SMILES string of the molecule is O=[S](=O)([Zr])Oc1ccccc1. The van der Waals surface area contributed by atoms with Gasteiger partial charge in [0.2, 0.25) is 0 Å². The number of rotatable bonds is 2. The average Bonchev–Trinajstić information content (AvgIpc) is 1.85. The van der Waals surface area contributed by atoms with Crippen molar-refractivity contribution >= 4 is 6.87 Å². The van der Waals surface area contributed by atoms with Gasteiger partial charge in [-0.05, 0) is 0 Å². The van der Waals surface area contributed by atoms with Crippen LogP contribution in [0.2, 0.25) is 0 Å². The minimum atomic E-state index is -3.29. The van der Waals surface area contributed by atoms with Crippen molar-refractivity contribution < 1.29 is 35.9 Å². The molecule has 1 aromatic rings. The molecule has 0 aliphatic carbocycles. The molecular formula is C6H5O3SZr. The Balaban J connectivity index is 2.82. The molecule has 0 saturated heterocycles. The maximum absolute atomic E-state index is 10.6. The summed E-state index contributed by atoms with van der Waals surface area (Å²) in [5.41, 5.74) is 0. The zero-order valence-electron chi connectivity index (χ0n) is 5.52. The second-order valence-electron chi connectivity index (χ2n) is 1.85. The molecule has 0 atom stereocenters. The summed E-state index contributed by atoms with van der Waals surface area (Å²) in [4.78, 5) is 0. The van der Waals surface area contributed by atoms with Gasteiger partial charge < -0.3 is 0 Å². The molecule has 3 nitrogen and oxygen atoms in total. The van der Waals surface area contributed by atoms with E-state index in [1.807, 2.05) is 0 Å². The summed E-state index contributed by atoms with van der Waals surface area (Å²) in [5, 5.41) is 0. The van der Waals surface area contributed by atoms with Crippen LogP contribution in [-0.4, -0.2) is 8.42 Å². The monoisotopic (exact) mass is 247 g/mol. The molecule has 0 amide bonds. The molecular weight excluding hydrogens is 243 g/mol. The van der Waals surface area contributed by atoms with Gasteiger partial charge in [0.05, 0.1) is 0 Å². The Morgan fingerprint density at radius 1 is 1.18 bits per heavy atom. The van der Waals surface area contributed by atoms with Crippen LogP contribution < -0.4 is 4.18 Å². The van der Waals surface area contributed by atoms with Crippen LogP contribution in [0.25, 0.3) is 0 Å². The van der Waals surface area contributed by atoms with E-state index in [0.717, 1.165) is 0 Å². The van der Waals surface area contributed by atoms with Crippen LogP contribution in [0.5, 0.6) is 5.75 Å². The van der Waals surface area contributed by atoms with Gasteiger partial charge >= 0.3 is 78.8 Å². The van der Waals surface area contributed by atoms with Crippen molar-refractivity contribution in [2.24, 2.45) is 0 Å². The molecule has 0 radical (unpaired) electrons. The predicted octanol–water partition coefficient (Wildman–Crippen LogP) is 0.857. The summed E-state index contributed by atoms with van der Waals surface area (Å²) in [7, 11) is 0. The van der Waals surface area contributed by atoms with Gasteiger partial charge in [0, 0.05) is 0 Å². The molecule has 0 aliphatic heterocycles. The van der Waals surface area contributed by atoms with E-state index in [-0.39, 0.29) is 0 Å². The number of para-hydroxylation sites is 1. The Bertz CT molecular complexity index is 319. The summed E-state index contributed by atoms with van der Waals surface area (Å²) in [6.07, 6.45) is 0. The average molecular weight is 248 g/mol. The van der Waals surface area contributed by atoms with E-state index in [9.17, 15) is 8.42 Å². The molecule has 1 aromatic carbocycles. The summed E-state index contributed by atoms with van der Waals surface area (Å²) in [6, 6.07) is 8.43. The van der Waals surface area contributed by atoms with Crippen molar-refractivity contribution in [2.75, 3.05) is 0 Å². The molecule has 5 heteroatoms. The Kier molecular flexibility index (Phi) is 2.85. The summed E-state index contributed by atoms with van der Waals surface area (Å²) in [6.45, 7) is -3.29. The van der Waals surface area contributed by atoms with Gasteiger partial charge in [-0.25, -0.2) is 0 Å². The topological polar surface area (TPSA) is 43.4 Å². The molecule has 0 N–H and O–H groups in total. The Morgan fingerprint density at radius 2 is 1.73 bits per heavy atom. The first-order valence-corrected chi connectivity index (χ1v) is 7.24. The maximum atomic E-state index is 10.6. The molecule has 0 aromatic heterocycles. The van der Waals surface area contributed by atoms with Crippen LogP contribution in [0, 0.1) is 0 Å². The van der Waals surface area contributed by atoms with Crippen molar-refractivity contribution in [3.05, 3.63) is 30.3 Å². The standard InChI is InChI=1S/C6H5O3S.Zr/c7-10(8)9-6-4-2-1-3-5-6;/h1-5H;. The van der Waals surface area contributed by atoms with Gasteiger partial charge in [-0.2, -0.15) is 0 Å². The summed E-state index contributed by atoms with van der Waals surface area (Å²) < 4.78 is 25.9. The van der Waals surface area contributed by atoms with Crippen LogP contribution in [0.15, 0.2) is 30.3 Å². The van der Waals surface area contributed by atoms with Crippen molar-refractivity contribution in [1.29, 1.82) is 0 Å². The second-order valence-corrected chi connectivity index (χ2v) is 6.61. The van der Waals surface area contributed by atoms with Crippen molar-refractivity contribution in [2.45, 2.75) is 0 Å². The zero-order valence-corrected chi connectivity index (χ0v) is 8.79. The van der Waals surface area contributed by atoms with Crippen LogP contribution in [0.1, 0.15) is 0 Å². The minimum absolute atomic E-state index is 0.365. The van der Waals surface area contributed by atoms with E-state index >= 15 is 0 Å². The first-order valence-electron chi connectivity index (χ1n) is 2.82. The van der Waals surface area contributed by atoms with Crippen LogP contribution >= 0.6 is 0 Å². The van der Waals surface area contributed by atoms with E-state index in [0.29, 0.717) is 29.0 Å². The van der Waals surface area contributed by atoms with Gasteiger partial charge in [-0.15, -0.1) is 0 Å². The molecule has 0 unspecified atom stereocenters. The van der Waals surface area contributed by atoms with E-state index in [1.54, 1.807) is 30.3 Å². The van der Waals surface area contributed by atoms with Gasteiger partial charge in [-0.3, -0.25) is 0 Å². The fourth-order valence-electron chi connectivity index (χ4n) is 0.603. The van der Waals surface area contributed by atoms with Gasteiger partial charge in [-0.1, -0.05) is 0 Å². The third kappa shape index (κ3) is 3.68. The van der Waals surface area contributed by atoms with Crippen LogP contribution in [0.3, 0.4) is 0 Å².